The van der Waals surface area contributed by atoms with Gasteiger partial charge in [-0.25, -0.2) is 0 Å². The first-order valence-corrected chi connectivity index (χ1v) is 18.6. The van der Waals surface area contributed by atoms with Gasteiger partial charge in [0.15, 0.2) is 11.5 Å². The van der Waals surface area contributed by atoms with E-state index >= 15 is 0 Å². The van der Waals surface area contributed by atoms with Gasteiger partial charge in [0.2, 0.25) is 23.0 Å². The Morgan fingerprint density at radius 2 is 1.73 bits per heavy atom. The summed E-state index contributed by atoms with van der Waals surface area (Å²) in [6.45, 7) is 1.47. The monoisotopic (exact) mass is 714 g/mol. The highest BCUT2D eigenvalue weighted by atomic mass is 32.2. The number of thioether (sulfide) groups is 1. The first-order valence-electron chi connectivity index (χ1n) is 17.2. The molecule has 3 aromatic carbocycles. The minimum atomic E-state index is -0.667. The Morgan fingerprint density at radius 1 is 0.922 bits per heavy atom. The summed E-state index contributed by atoms with van der Waals surface area (Å²) in [6, 6.07) is 11.8. The highest BCUT2D eigenvalue weighted by molar-refractivity contribution is 7.98. The van der Waals surface area contributed by atoms with Gasteiger partial charge in [0.05, 0.1) is 46.2 Å². The number of hydrogen-bond acceptors (Lipinski definition) is 9. The van der Waals surface area contributed by atoms with E-state index in [9.17, 15) is 14.4 Å². The van der Waals surface area contributed by atoms with Crippen molar-refractivity contribution in [3.05, 3.63) is 75.1 Å². The average Bonchev–Trinajstić information content (AvgIpc) is 3.35. The Labute approximate surface area is 302 Å². The number of ether oxygens (including phenoxy) is 4. The third-order valence-corrected chi connectivity index (χ3v) is 10.5. The number of hydrogen-bond donors (Lipinski definition) is 4. The molecule has 0 radical (unpaired) electrons. The summed E-state index contributed by atoms with van der Waals surface area (Å²) < 4.78 is 22.7. The Balaban J connectivity index is 1.37. The SMILES string of the molecule is COc1ccc2[nH]c3c(c2c1)CCCC3NC(=O)[C@@H](CCSC)Nc1ccc2c(cc1=O)[C@H](NC(C)=O)CCc1cc(OC)c(OC)c(OC)c1-2. The predicted molar refractivity (Wildman–Crippen MR) is 202 cm³/mol. The quantitative estimate of drug-likeness (QED) is 0.138. The number of amides is 2. The van der Waals surface area contributed by atoms with Gasteiger partial charge in [-0.3, -0.25) is 14.4 Å². The minimum Gasteiger partial charge on any atom is -0.497 e. The Hall–Kier alpha value is -4.84. The lowest BCUT2D eigenvalue weighted by Crippen LogP contribution is -2.43. The van der Waals surface area contributed by atoms with E-state index in [1.54, 1.807) is 52.3 Å². The molecule has 0 saturated carbocycles. The molecule has 0 bridgehead atoms. The molecular formula is C39H46N4O7S. The van der Waals surface area contributed by atoms with Gasteiger partial charge in [-0.05, 0) is 109 Å². The van der Waals surface area contributed by atoms with E-state index in [0.717, 1.165) is 58.3 Å². The van der Waals surface area contributed by atoms with Crippen molar-refractivity contribution >= 4 is 40.2 Å². The highest BCUT2D eigenvalue weighted by Crippen LogP contribution is 2.50. The molecular weight excluding hydrogens is 669 g/mol. The van der Waals surface area contributed by atoms with E-state index in [1.165, 1.54) is 12.5 Å². The van der Waals surface area contributed by atoms with Crippen molar-refractivity contribution in [2.24, 2.45) is 0 Å². The number of aromatic nitrogens is 1. The van der Waals surface area contributed by atoms with Crippen LogP contribution in [-0.4, -0.2) is 63.3 Å². The lowest BCUT2D eigenvalue weighted by molar-refractivity contribution is -0.123. The van der Waals surface area contributed by atoms with Crippen LogP contribution in [0.4, 0.5) is 5.69 Å². The van der Waals surface area contributed by atoms with Crippen molar-refractivity contribution in [3.8, 4) is 34.1 Å². The van der Waals surface area contributed by atoms with Crippen LogP contribution in [0.1, 0.15) is 67.1 Å². The Kier molecular flexibility index (Phi) is 11.0. The van der Waals surface area contributed by atoms with Gasteiger partial charge in [0, 0.05) is 29.1 Å². The highest BCUT2D eigenvalue weighted by Gasteiger charge is 2.31. The maximum absolute atomic E-state index is 14.1. The molecule has 1 aromatic heterocycles. The third-order valence-electron chi connectivity index (χ3n) is 9.90. The molecule has 1 heterocycles. The molecule has 2 amide bonds. The standard InChI is InChI=1S/C39H46N4O7S/c1-21(44)40-28-13-10-22-18-34(48-3)37(49-4)38(50-5)35(22)24-12-15-30(33(45)20-27(24)28)41-32(16-17-51-6)39(46)43-31-9-7-8-25-26-19-23(47-2)11-14-29(26)42-36(25)31/h11-12,14-15,18-20,28,31-32,42H,7-10,13,16-17H2,1-6H3,(H,40,44)(H,41,45)(H,43,46)/t28-,31?,32-/m1/s1. The van der Waals surface area contributed by atoms with Crippen LogP contribution >= 0.6 is 11.8 Å². The molecule has 3 atom stereocenters. The van der Waals surface area contributed by atoms with Gasteiger partial charge in [0.25, 0.3) is 0 Å². The number of nitrogens with one attached hydrogen (secondary N) is 4. The Morgan fingerprint density at radius 3 is 2.43 bits per heavy atom. The van der Waals surface area contributed by atoms with E-state index in [4.69, 9.17) is 18.9 Å². The molecule has 270 valence electrons. The van der Waals surface area contributed by atoms with Crippen molar-refractivity contribution in [1.29, 1.82) is 0 Å². The van der Waals surface area contributed by atoms with Gasteiger partial charge < -0.3 is 39.9 Å². The smallest absolute Gasteiger partial charge is 0.243 e. The minimum absolute atomic E-state index is 0.175. The van der Waals surface area contributed by atoms with Gasteiger partial charge in [0.1, 0.15) is 11.8 Å². The molecule has 4 aromatic rings. The first kappa shape index (κ1) is 36.0. The first-order chi connectivity index (χ1) is 24.7. The van der Waals surface area contributed by atoms with Crippen LogP contribution in [0, 0.1) is 0 Å². The zero-order chi connectivity index (χ0) is 36.2. The van der Waals surface area contributed by atoms with Crippen LogP contribution < -0.4 is 40.3 Å². The largest absolute Gasteiger partial charge is 0.497 e. The average molecular weight is 715 g/mol. The molecule has 0 spiro atoms. The van der Waals surface area contributed by atoms with Crippen LogP contribution in [0.3, 0.4) is 0 Å². The molecule has 0 aliphatic heterocycles. The number of benzene rings is 2. The van der Waals surface area contributed by atoms with E-state index < -0.39 is 12.1 Å². The van der Waals surface area contributed by atoms with Crippen molar-refractivity contribution < 1.29 is 28.5 Å². The number of H-pyrrole nitrogens is 1. The molecule has 4 N–H and O–H groups in total. The number of anilines is 1. The number of carbonyl (C=O) groups excluding carboxylic acids is 2. The maximum Gasteiger partial charge on any atom is 0.243 e. The second kappa shape index (κ2) is 15.6. The zero-order valence-corrected chi connectivity index (χ0v) is 30.8. The van der Waals surface area contributed by atoms with Crippen LogP contribution in [0.5, 0.6) is 23.0 Å². The van der Waals surface area contributed by atoms with Crippen LogP contribution in [-0.2, 0) is 22.4 Å². The summed E-state index contributed by atoms with van der Waals surface area (Å²) >= 11 is 1.64. The van der Waals surface area contributed by atoms with Gasteiger partial charge >= 0.3 is 0 Å². The van der Waals surface area contributed by atoms with Gasteiger partial charge in [-0.1, -0.05) is 6.07 Å². The van der Waals surface area contributed by atoms with Crippen LogP contribution in [0.25, 0.3) is 22.0 Å². The van der Waals surface area contributed by atoms with Crippen molar-refractivity contribution in [3.63, 3.8) is 0 Å². The van der Waals surface area contributed by atoms with Crippen molar-refractivity contribution in [1.82, 2.24) is 15.6 Å². The number of fused-ring (bicyclic) bond motifs is 6. The fourth-order valence-corrected chi connectivity index (χ4v) is 7.98. The molecule has 11 nitrogen and oxygen atoms in total. The number of aromatic amines is 1. The molecule has 6 rings (SSSR count). The fraction of sp³-hybridized carbons (Fsp3) is 0.410. The molecule has 0 saturated heterocycles. The van der Waals surface area contributed by atoms with Crippen LogP contribution in [0.2, 0.25) is 0 Å². The normalized spacial score (nSPS) is 16.8. The fourth-order valence-electron chi connectivity index (χ4n) is 7.50. The number of carbonyl (C=O) groups is 2. The summed E-state index contributed by atoms with van der Waals surface area (Å²) in [4.78, 5) is 44.1. The second-order valence-electron chi connectivity index (χ2n) is 13.0. The maximum atomic E-state index is 14.1. The summed E-state index contributed by atoms with van der Waals surface area (Å²) in [5, 5.41) is 10.8. The zero-order valence-electron chi connectivity index (χ0n) is 30.0. The van der Waals surface area contributed by atoms with E-state index in [2.05, 4.69) is 20.9 Å². The van der Waals surface area contributed by atoms with Gasteiger partial charge in [-0.2, -0.15) is 11.8 Å². The molecule has 1 unspecified atom stereocenters. The lowest BCUT2D eigenvalue weighted by Gasteiger charge is -2.27. The third kappa shape index (κ3) is 7.19. The molecule has 12 heteroatoms. The Bertz CT molecular complexity index is 2010. The summed E-state index contributed by atoms with van der Waals surface area (Å²) in [5.41, 5.74) is 6.30. The number of rotatable bonds is 12. The van der Waals surface area contributed by atoms with Crippen molar-refractivity contribution in [2.45, 2.75) is 63.6 Å². The topological polar surface area (TPSA) is 140 Å². The molecule has 2 aliphatic carbocycles. The van der Waals surface area contributed by atoms with E-state index in [0.29, 0.717) is 47.8 Å². The molecule has 2 aliphatic rings. The summed E-state index contributed by atoms with van der Waals surface area (Å²) in [5.74, 6) is 2.57. The summed E-state index contributed by atoms with van der Waals surface area (Å²) in [7, 11) is 6.35. The molecule has 51 heavy (non-hydrogen) atoms. The predicted octanol–water partition coefficient (Wildman–Crippen LogP) is 6.08. The van der Waals surface area contributed by atoms with Crippen LogP contribution in [0.15, 0.2) is 47.3 Å². The lowest BCUT2D eigenvalue weighted by atomic mass is 9.91. The summed E-state index contributed by atoms with van der Waals surface area (Å²) in [6.07, 6.45) is 6.31. The number of aryl methyl sites for hydroxylation is 2. The molecule has 0 fully saturated rings. The number of methoxy groups -OCH3 is 4. The van der Waals surface area contributed by atoms with E-state index in [1.807, 2.05) is 36.6 Å². The van der Waals surface area contributed by atoms with Crippen molar-refractivity contribution in [2.75, 3.05) is 45.8 Å². The second-order valence-corrected chi connectivity index (χ2v) is 13.9. The van der Waals surface area contributed by atoms with Gasteiger partial charge in [-0.15, -0.1) is 0 Å². The van der Waals surface area contributed by atoms with E-state index in [-0.39, 0.29) is 29.0 Å².